The topological polar surface area (TPSA) is 53.5 Å². The van der Waals surface area contributed by atoms with E-state index in [1.807, 2.05) is 19.1 Å². The summed E-state index contributed by atoms with van der Waals surface area (Å²) in [6.07, 6.45) is 0. The molecule has 1 saturated heterocycles. The maximum atomic E-state index is 12.5. The molecule has 3 rings (SSSR count). The van der Waals surface area contributed by atoms with E-state index in [-0.39, 0.29) is 11.8 Å². The van der Waals surface area contributed by atoms with Crippen LogP contribution in [-0.4, -0.2) is 52.8 Å². The van der Waals surface area contributed by atoms with Gasteiger partial charge in [0.25, 0.3) is 11.8 Å². The number of aryl methyl sites for hydroxylation is 1. The highest BCUT2D eigenvalue weighted by Gasteiger charge is 2.26. The van der Waals surface area contributed by atoms with Crippen molar-refractivity contribution in [1.82, 2.24) is 14.8 Å². The molecule has 0 aliphatic carbocycles. The molecule has 0 N–H and O–H groups in total. The van der Waals surface area contributed by atoms with E-state index in [1.54, 1.807) is 40.1 Å². The lowest BCUT2D eigenvalue weighted by Crippen LogP contribution is -2.50. The first-order chi connectivity index (χ1) is 11.5. The highest BCUT2D eigenvalue weighted by molar-refractivity contribution is 6.30. The number of halogens is 1. The van der Waals surface area contributed by atoms with Crippen LogP contribution in [0.15, 0.2) is 42.5 Å². The van der Waals surface area contributed by atoms with Gasteiger partial charge in [-0.05, 0) is 37.3 Å². The van der Waals surface area contributed by atoms with Crippen molar-refractivity contribution in [3.63, 3.8) is 0 Å². The van der Waals surface area contributed by atoms with Crippen LogP contribution in [0.2, 0.25) is 5.02 Å². The Kier molecular flexibility index (Phi) is 4.81. The predicted molar refractivity (Wildman–Crippen MR) is 92.2 cm³/mol. The van der Waals surface area contributed by atoms with E-state index >= 15 is 0 Å². The molecule has 0 radical (unpaired) electrons. The monoisotopic (exact) mass is 343 g/mol. The van der Waals surface area contributed by atoms with Crippen LogP contribution < -0.4 is 0 Å². The van der Waals surface area contributed by atoms with Gasteiger partial charge in [0.1, 0.15) is 5.69 Å². The first-order valence-corrected chi connectivity index (χ1v) is 8.20. The van der Waals surface area contributed by atoms with Crippen molar-refractivity contribution in [2.75, 3.05) is 26.2 Å². The third kappa shape index (κ3) is 3.57. The van der Waals surface area contributed by atoms with Crippen molar-refractivity contribution in [1.29, 1.82) is 0 Å². The average Bonchev–Trinajstić information content (AvgIpc) is 2.60. The van der Waals surface area contributed by atoms with E-state index in [0.29, 0.717) is 42.5 Å². The number of piperazine rings is 1. The standard InChI is InChI=1S/C18H18ClN3O2/c1-13-4-2-7-16(20-13)18(24)22-10-8-21(9-11-22)17(23)14-5-3-6-15(19)12-14/h2-7,12H,8-11H2,1H3. The molecule has 2 aromatic rings. The lowest BCUT2D eigenvalue weighted by molar-refractivity contribution is 0.0532. The zero-order chi connectivity index (χ0) is 17.1. The first-order valence-electron chi connectivity index (χ1n) is 7.82. The fourth-order valence-corrected chi connectivity index (χ4v) is 2.93. The van der Waals surface area contributed by atoms with Gasteiger partial charge in [0.05, 0.1) is 0 Å². The summed E-state index contributed by atoms with van der Waals surface area (Å²) < 4.78 is 0. The van der Waals surface area contributed by atoms with E-state index in [9.17, 15) is 9.59 Å². The maximum absolute atomic E-state index is 12.5. The second-order valence-electron chi connectivity index (χ2n) is 5.76. The van der Waals surface area contributed by atoms with Gasteiger partial charge in [-0.2, -0.15) is 0 Å². The van der Waals surface area contributed by atoms with Crippen LogP contribution in [0.5, 0.6) is 0 Å². The quantitative estimate of drug-likeness (QED) is 0.842. The Morgan fingerprint density at radius 1 is 0.958 bits per heavy atom. The van der Waals surface area contributed by atoms with E-state index < -0.39 is 0 Å². The summed E-state index contributed by atoms with van der Waals surface area (Å²) >= 11 is 5.94. The van der Waals surface area contributed by atoms with Crippen LogP contribution in [0.4, 0.5) is 0 Å². The molecule has 1 fully saturated rings. The fourth-order valence-electron chi connectivity index (χ4n) is 2.74. The number of rotatable bonds is 2. The molecule has 5 nitrogen and oxygen atoms in total. The molecule has 2 amide bonds. The van der Waals surface area contributed by atoms with E-state index in [1.165, 1.54) is 0 Å². The number of nitrogens with zero attached hydrogens (tertiary/aromatic N) is 3. The Balaban J connectivity index is 1.63. The third-order valence-corrected chi connectivity index (χ3v) is 4.27. The van der Waals surface area contributed by atoms with Crippen molar-refractivity contribution < 1.29 is 9.59 Å². The van der Waals surface area contributed by atoms with Gasteiger partial charge in [-0.3, -0.25) is 9.59 Å². The van der Waals surface area contributed by atoms with Crippen molar-refractivity contribution in [2.45, 2.75) is 6.92 Å². The molecule has 1 aliphatic rings. The molecule has 0 unspecified atom stereocenters. The lowest BCUT2D eigenvalue weighted by atomic mass is 10.1. The molecule has 2 heterocycles. The Bertz CT molecular complexity index is 705. The molecule has 0 atom stereocenters. The Hall–Kier alpha value is -2.40. The van der Waals surface area contributed by atoms with Crippen molar-refractivity contribution in [2.24, 2.45) is 0 Å². The fraction of sp³-hybridized carbons (Fsp3) is 0.278. The Labute approximate surface area is 145 Å². The molecule has 0 bridgehead atoms. The zero-order valence-electron chi connectivity index (χ0n) is 13.4. The number of pyridine rings is 1. The average molecular weight is 344 g/mol. The highest BCUT2D eigenvalue weighted by Crippen LogP contribution is 2.15. The largest absolute Gasteiger partial charge is 0.335 e. The van der Waals surface area contributed by atoms with Crippen LogP contribution in [0.1, 0.15) is 26.5 Å². The zero-order valence-corrected chi connectivity index (χ0v) is 14.2. The molecule has 1 aromatic carbocycles. The van der Waals surface area contributed by atoms with Crippen LogP contribution in [0, 0.1) is 6.92 Å². The summed E-state index contributed by atoms with van der Waals surface area (Å²) in [7, 11) is 0. The second-order valence-corrected chi connectivity index (χ2v) is 6.20. The summed E-state index contributed by atoms with van der Waals surface area (Å²) in [5.41, 5.74) is 1.84. The molecular formula is C18H18ClN3O2. The first kappa shape index (κ1) is 16.5. The van der Waals surface area contributed by atoms with Gasteiger partial charge in [-0.1, -0.05) is 23.7 Å². The molecule has 1 aliphatic heterocycles. The van der Waals surface area contributed by atoms with Gasteiger partial charge in [0, 0.05) is 42.5 Å². The smallest absolute Gasteiger partial charge is 0.272 e. The summed E-state index contributed by atoms with van der Waals surface area (Å²) in [6, 6.07) is 12.3. The summed E-state index contributed by atoms with van der Waals surface area (Å²) in [5.74, 6) is -0.146. The molecule has 124 valence electrons. The van der Waals surface area contributed by atoms with E-state index in [0.717, 1.165) is 5.69 Å². The third-order valence-electron chi connectivity index (χ3n) is 4.03. The molecular weight excluding hydrogens is 326 g/mol. The van der Waals surface area contributed by atoms with Gasteiger partial charge in [-0.25, -0.2) is 4.98 Å². The minimum atomic E-state index is -0.0893. The van der Waals surface area contributed by atoms with Crippen LogP contribution in [0.3, 0.4) is 0 Å². The maximum Gasteiger partial charge on any atom is 0.272 e. The van der Waals surface area contributed by atoms with E-state index in [2.05, 4.69) is 4.98 Å². The van der Waals surface area contributed by atoms with Gasteiger partial charge in [0.15, 0.2) is 0 Å². The van der Waals surface area contributed by atoms with Crippen molar-refractivity contribution >= 4 is 23.4 Å². The Morgan fingerprint density at radius 2 is 1.58 bits per heavy atom. The van der Waals surface area contributed by atoms with Crippen molar-refractivity contribution in [3.05, 3.63) is 64.4 Å². The number of hydrogen-bond acceptors (Lipinski definition) is 3. The summed E-state index contributed by atoms with van der Waals surface area (Å²) in [6.45, 7) is 3.87. The molecule has 6 heteroatoms. The van der Waals surface area contributed by atoms with Gasteiger partial charge < -0.3 is 9.80 Å². The lowest BCUT2D eigenvalue weighted by Gasteiger charge is -2.34. The van der Waals surface area contributed by atoms with Gasteiger partial charge >= 0.3 is 0 Å². The normalized spacial score (nSPS) is 14.6. The minimum Gasteiger partial charge on any atom is -0.335 e. The minimum absolute atomic E-state index is 0.0571. The number of hydrogen-bond donors (Lipinski definition) is 0. The summed E-state index contributed by atoms with van der Waals surface area (Å²) in [5, 5.41) is 0.542. The molecule has 0 saturated carbocycles. The highest BCUT2D eigenvalue weighted by atomic mass is 35.5. The van der Waals surface area contributed by atoms with Gasteiger partial charge in [-0.15, -0.1) is 0 Å². The number of carbonyl (C=O) groups excluding carboxylic acids is 2. The summed E-state index contributed by atoms with van der Waals surface area (Å²) in [4.78, 5) is 32.7. The van der Waals surface area contributed by atoms with Crippen molar-refractivity contribution in [3.8, 4) is 0 Å². The second kappa shape index (κ2) is 7.01. The van der Waals surface area contributed by atoms with E-state index in [4.69, 9.17) is 11.6 Å². The van der Waals surface area contributed by atoms with Gasteiger partial charge in [0.2, 0.25) is 0 Å². The Morgan fingerprint density at radius 3 is 2.21 bits per heavy atom. The SMILES string of the molecule is Cc1cccc(C(=O)N2CCN(C(=O)c3cccc(Cl)c3)CC2)n1. The van der Waals surface area contributed by atoms with Crippen LogP contribution >= 0.6 is 11.6 Å². The van der Waals surface area contributed by atoms with Crippen LogP contribution in [0.25, 0.3) is 0 Å². The number of carbonyl (C=O) groups is 2. The predicted octanol–water partition coefficient (Wildman–Crippen LogP) is 2.64. The molecule has 0 spiro atoms. The van der Waals surface area contributed by atoms with Crippen LogP contribution in [-0.2, 0) is 0 Å². The molecule has 1 aromatic heterocycles. The number of aromatic nitrogens is 1. The molecule has 24 heavy (non-hydrogen) atoms. The number of amides is 2. The number of benzene rings is 1.